The highest BCUT2D eigenvalue weighted by atomic mass is 16.3. The molecule has 0 atom stereocenters. The first-order chi connectivity index (χ1) is 12.7. The predicted octanol–water partition coefficient (Wildman–Crippen LogP) is 6.65. The Kier molecular flexibility index (Phi) is 3.59. The van der Waals surface area contributed by atoms with Crippen LogP contribution in [0.15, 0.2) is 53.1 Å². The molecule has 2 heteroatoms. The standard InChI is InChI=1S/C24H23NO/c1-15(2)16-8-5-9-19(12-16)23-24-20(10-11-25-23)21-13-17-6-3-4-7-18(17)14-22(21)26-24/h5,8-15H,3-4,6-7H2,1-2H3. The van der Waals surface area contributed by atoms with Crippen molar-refractivity contribution in [1.29, 1.82) is 0 Å². The lowest BCUT2D eigenvalue weighted by Gasteiger charge is -2.14. The molecule has 0 saturated carbocycles. The van der Waals surface area contributed by atoms with Gasteiger partial charge in [-0.15, -0.1) is 0 Å². The summed E-state index contributed by atoms with van der Waals surface area (Å²) in [6, 6.07) is 15.4. The van der Waals surface area contributed by atoms with Crippen LogP contribution in [0, 0.1) is 0 Å². The number of nitrogens with zero attached hydrogens (tertiary/aromatic N) is 1. The Morgan fingerprint density at radius 2 is 1.73 bits per heavy atom. The SMILES string of the molecule is CC(C)c1cccc(-c2nccc3c2oc2cc4c(cc23)CCCC4)c1. The molecule has 0 saturated heterocycles. The molecule has 4 aromatic rings. The molecule has 2 aromatic heterocycles. The zero-order valence-electron chi connectivity index (χ0n) is 15.4. The summed E-state index contributed by atoms with van der Waals surface area (Å²) in [5.74, 6) is 0.497. The fourth-order valence-electron chi connectivity index (χ4n) is 4.18. The van der Waals surface area contributed by atoms with Crippen molar-refractivity contribution in [3.8, 4) is 11.3 Å². The summed E-state index contributed by atoms with van der Waals surface area (Å²) in [4.78, 5) is 4.68. The molecule has 0 amide bonds. The minimum atomic E-state index is 0.497. The van der Waals surface area contributed by atoms with Crippen molar-refractivity contribution in [3.05, 3.63) is 65.4 Å². The molecule has 0 unspecified atom stereocenters. The van der Waals surface area contributed by atoms with E-state index in [2.05, 4.69) is 61.3 Å². The number of rotatable bonds is 2. The van der Waals surface area contributed by atoms with Gasteiger partial charge in [0.25, 0.3) is 0 Å². The third-order valence-electron chi connectivity index (χ3n) is 5.68. The molecule has 26 heavy (non-hydrogen) atoms. The first-order valence-electron chi connectivity index (χ1n) is 9.64. The first kappa shape index (κ1) is 15.6. The highest BCUT2D eigenvalue weighted by Crippen LogP contribution is 2.37. The van der Waals surface area contributed by atoms with Crippen LogP contribution in [0.25, 0.3) is 33.2 Å². The van der Waals surface area contributed by atoms with Crippen molar-refractivity contribution >= 4 is 21.9 Å². The fraction of sp³-hybridized carbons (Fsp3) is 0.292. The van der Waals surface area contributed by atoms with E-state index in [1.54, 1.807) is 0 Å². The maximum Gasteiger partial charge on any atom is 0.161 e. The quantitative estimate of drug-likeness (QED) is 0.408. The van der Waals surface area contributed by atoms with Gasteiger partial charge >= 0.3 is 0 Å². The normalized spacial score (nSPS) is 14.3. The number of aryl methyl sites for hydroxylation is 2. The van der Waals surface area contributed by atoms with Crippen LogP contribution in [-0.4, -0.2) is 4.98 Å². The van der Waals surface area contributed by atoms with Crippen molar-refractivity contribution < 1.29 is 4.42 Å². The second-order valence-electron chi connectivity index (χ2n) is 7.74. The molecule has 2 aromatic carbocycles. The molecule has 2 heterocycles. The van der Waals surface area contributed by atoms with Crippen molar-refractivity contribution in [2.75, 3.05) is 0 Å². The topological polar surface area (TPSA) is 26.0 Å². The van der Waals surface area contributed by atoms with Gasteiger partial charge in [-0.1, -0.05) is 32.0 Å². The number of hydrogen-bond acceptors (Lipinski definition) is 2. The van der Waals surface area contributed by atoms with E-state index >= 15 is 0 Å². The van der Waals surface area contributed by atoms with Gasteiger partial charge in [0, 0.05) is 22.5 Å². The molecule has 0 aliphatic heterocycles. The zero-order chi connectivity index (χ0) is 17.7. The summed E-state index contributed by atoms with van der Waals surface area (Å²) < 4.78 is 6.34. The Morgan fingerprint density at radius 3 is 2.54 bits per heavy atom. The summed E-state index contributed by atoms with van der Waals surface area (Å²) >= 11 is 0. The number of furan rings is 1. The van der Waals surface area contributed by atoms with E-state index in [1.165, 1.54) is 53.1 Å². The van der Waals surface area contributed by atoms with Crippen LogP contribution in [0.3, 0.4) is 0 Å². The summed E-state index contributed by atoms with van der Waals surface area (Å²) in [7, 11) is 0. The lowest BCUT2D eigenvalue weighted by atomic mass is 9.90. The highest BCUT2D eigenvalue weighted by Gasteiger charge is 2.17. The van der Waals surface area contributed by atoms with E-state index in [0.717, 1.165) is 22.4 Å². The Hall–Kier alpha value is -2.61. The van der Waals surface area contributed by atoms with Crippen LogP contribution < -0.4 is 0 Å². The minimum absolute atomic E-state index is 0.497. The van der Waals surface area contributed by atoms with Gasteiger partial charge in [-0.3, -0.25) is 4.98 Å². The summed E-state index contributed by atoms with van der Waals surface area (Å²) in [5.41, 5.74) is 8.25. The van der Waals surface area contributed by atoms with Gasteiger partial charge in [0.15, 0.2) is 5.58 Å². The molecule has 2 nitrogen and oxygen atoms in total. The number of pyridine rings is 1. The molecule has 130 valence electrons. The lowest BCUT2D eigenvalue weighted by Crippen LogP contribution is -2.01. The molecule has 0 bridgehead atoms. The van der Waals surface area contributed by atoms with Crippen LogP contribution in [-0.2, 0) is 12.8 Å². The first-order valence-corrected chi connectivity index (χ1v) is 9.64. The van der Waals surface area contributed by atoms with E-state index in [1.807, 2.05) is 6.20 Å². The van der Waals surface area contributed by atoms with Gasteiger partial charge in [-0.05, 0) is 72.6 Å². The Labute approximate surface area is 153 Å². The van der Waals surface area contributed by atoms with Crippen molar-refractivity contribution in [2.24, 2.45) is 0 Å². The third kappa shape index (κ3) is 2.44. The molecule has 5 rings (SSSR count). The molecular weight excluding hydrogens is 318 g/mol. The minimum Gasteiger partial charge on any atom is -0.454 e. The molecular formula is C24H23NO. The number of benzene rings is 2. The van der Waals surface area contributed by atoms with Crippen LogP contribution >= 0.6 is 0 Å². The smallest absolute Gasteiger partial charge is 0.161 e. The van der Waals surface area contributed by atoms with E-state index in [-0.39, 0.29) is 0 Å². The van der Waals surface area contributed by atoms with Crippen molar-refractivity contribution in [1.82, 2.24) is 4.98 Å². The van der Waals surface area contributed by atoms with Gasteiger partial charge in [0.1, 0.15) is 11.3 Å². The Balaban J connectivity index is 1.75. The predicted molar refractivity (Wildman–Crippen MR) is 108 cm³/mol. The second kappa shape index (κ2) is 5.98. The van der Waals surface area contributed by atoms with E-state index in [4.69, 9.17) is 4.42 Å². The monoisotopic (exact) mass is 341 g/mol. The van der Waals surface area contributed by atoms with Crippen molar-refractivity contribution in [3.63, 3.8) is 0 Å². The van der Waals surface area contributed by atoms with Crippen LogP contribution in [0.5, 0.6) is 0 Å². The highest BCUT2D eigenvalue weighted by molar-refractivity contribution is 6.09. The Morgan fingerprint density at radius 1 is 0.923 bits per heavy atom. The fourth-order valence-corrected chi connectivity index (χ4v) is 4.18. The van der Waals surface area contributed by atoms with Gasteiger partial charge in [-0.2, -0.15) is 0 Å². The van der Waals surface area contributed by atoms with Gasteiger partial charge in [0.05, 0.1) is 0 Å². The molecule has 0 radical (unpaired) electrons. The molecule has 0 fully saturated rings. The number of aromatic nitrogens is 1. The third-order valence-corrected chi connectivity index (χ3v) is 5.68. The summed E-state index contributed by atoms with van der Waals surface area (Å²) in [6.45, 7) is 4.44. The van der Waals surface area contributed by atoms with E-state index in [9.17, 15) is 0 Å². The summed E-state index contributed by atoms with van der Waals surface area (Å²) in [5, 5.41) is 2.40. The van der Waals surface area contributed by atoms with Gasteiger partial charge in [0.2, 0.25) is 0 Å². The number of hydrogen-bond donors (Lipinski definition) is 0. The van der Waals surface area contributed by atoms with Crippen LogP contribution in [0.1, 0.15) is 49.3 Å². The van der Waals surface area contributed by atoms with E-state index in [0.29, 0.717) is 5.92 Å². The molecule has 0 N–H and O–H groups in total. The second-order valence-corrected chi connectivity index (χ2v) is 7.74. The maximum atomic E-state index is 6.34. The molecule has 1 aliphatic carbocycles. The Bertz CT molecular complexity index is 1120. The largest absolute Gasteiger partial charge is 0.454 e. The molecule has 0 spiro atoms. The van der Waals surface area contributed by atoms with Crippen LogP contribution in [0.2, 0.25) is 0 Å². The average Bonchev–Trinajstić information content (AvgIpc) is 3.03. The van der Waals surface area contributed by atoms with Gasteiger partial charge < -0.3 is 4.42 Å². The van der Waals surface area contributed by atoms with Crippen molar-refractivity contribution in [2.45, 2.75) is 45.4 Å². The molecule has 1 aliphatic rings. The average molecular weight is 341 g/mol. The number of fused-ring (bicyclic) bond motifs is 4. The zero-order valence-corrected chi connectivity index (χ0v) is 15.4. The van der Waals surface area contributed by atoms with Crippen LogP contribution in [0.4, 0.5) is 0 Å². The lowest BCUT2D eigenvalue weighted by molar-refractivity contribution is 0.659. The van der Waals surface area contributed by atoms with E-state index < -0.39 is 0 Å². The maximum absolute atomic E-state index is 6.34. The van der Waals surface area contributed by atoms with Gasteiger partial charge in [-0.25, -0.2) is 0 Å². The summed E-state index contributed by atoms with van der Waals surface area (Å²) in [6.07, 6.45) is 6.85.